The molecule has 0 radical (unpaired) electrons. The second-order valence-electron chi connectivity index (χ2n) is 10.2. The lowest BCUT2D eigenvalue weighted by atomic mass is 9.91. The molecule has 0 bridgehead atoms. The Morgan fingerprint density at radius 3 is 1.80 bits per heavy atom. The summed E-state index contributed by atoms with van der Waals surface area (Å²) in [6, 6.07) is 52.6. The first-order chi connectivity index (χ1) is 19.8. The summed E-state index contributed by atoms with van der Waals surface area (Å²) in [6.45, 7) is 0. The zero-order chi connectivity index (χ0) is 26.5. The van der Waals surface area contributed by atoms with Crippen molar-refractivity contribution in [1.29, 1.82) is 0 Å². The fourth-order valence-electron chi connectivity index (χ4n) is 5.96. The van der Waals surface area contributed by atoms with Gasteiger partial charge in [0.2, 0.25) is 0 Å². The molecule has 0 fully saturated rings. The van der Waals surface area contributed by atoms with Crippen molar-refractivity contribution in [1.82, 2.24) is 0 Å². The summed E-state index contributed by atoms with van der Waals surface area (Å²) in [5.74, 6) is 0. The van der Waals surface area contributed by atoms with Gasteiger partial charge in [-0.2, -0.15) is 0 Å². The third-order valence-electron chi connectivity index (χ3n) is 7.87. The summed E-state index contributed by atoms with van der Waals surface area (Å²) in [5.41, 5.74) is 7.20. The predicted molar refractivity (Wildman–Crippen MR) is 175 cm³/mol. The summed E-state index contributed by atoms with van der Waals surface area (Å²) in [5, 5.41) is 11.4. The van der Waals surface area contributed by atoms with Crippen LogP contribution in [0.5, 0.6) is 0 Å². The fraction of sp³-hybridized carbons (Fsp3) is 0. The molecule has 1 heterocycles. The van der Waals surface area contributed by atoms with Crippen molar-refractivity contribution in [2.24, 2.45) is 0 Å². The van der Waals surface area contributed by atoms with E-state index in [2.05, 4.69) is 151 Å². The van der Waals surface area contributed by atoms with E-state index >= 15 is 0 Å². The average molecular weight is 528 g/mol. The molecule has 0 atom stereocenters. The van der Waals surface area contributed by atoms with Crippen molar-refractivity contribution < 1.29 is 0 Å². The summed E-state index contributed by atoms with van der Waals surface area (Å²) in [7, 11) is 0. The number of nitrogens with one attached hydrogen (secondary N) is 1. The second-order valence-corrected chi connectivity index (χ2v) is 11.3. The minimum absolute atomic E-state index is 1.08. The Kier molecular flexibility index (Phi) is 5.39. The molecule has 0 saturated heterocycles. The molecule has 40 heavy (non-hydrogen) atoms. The lowest BCUT2D eigenvalue weighted by Crippen LogP contribution is -1.90. The monoisotopic (exact) mass is 527 g/mol. The fourth-order valence-corrected chi connectivity index (χ4v) is 7.11. The first-order valence-electron chi connectivity index (χ1n) is 13.6. The molecular weight excluding hydrogens is 502 g/mol. The molecule has 1 nitrogen and oxygen atoms in total. The first kappa shape index (κ1) is 23.0. The number of fused-ring (bicyclic) bond motifs is 5. The van der Waals surface area contributed by atoms with Crippen LogP contribution in [-0.2, 0) is 0 Å². The van der Waals surface area contributed by atoms with E-state index in [0.717, 1.165) is 11.4 Å². The maximum atomic E-state index is 3.61. The van der Waals surface area contributed by atoms with Crippen LogP contribution in [0, 0.1) is 0 Å². The maximum absolute atomic E-state index is 3.61. The number of benzene rings is 7. The molecule has 1 N–H and O–H groups in total. The van der Waals surface area contributed by atoms with E-state index in [-0.39, 0.29) is 0 Å². The molecule has 0 aliphatic carbocycles. The number of rotatable bonds is 4. The highest BCUT2D eigenvalue weighted by Crippen LogP contribution is 2.39. The van der Waals surface area contributed by atoms with E-state index in [4.69, 9.17) is 0 Å². The van der Waals surface area contributed by atoms with Gasteiger partial charge in [0, 0.05) is 31.5 Å². The van der Waals surface area contributed by atoms with Crippen molar-refractivity contribution in [2.45, 2.75) is 0 Å². The average Bonchev–Trinajstić information content (AvgIpc) is 3.38. The van der Waals surface area contributed by atoms with E-state index in [1.807, 2.05) is 11.3 Å². The standard InChI is InChI=1S/C38H25NS/c1-2-10-29-25(8-1)9-5-13-31(29)34-16-7-14-32-30(12-6-15-33(32)34)26-18-20-27(21-19-26)39-28-22-23-36-35-11-3-4-17-37(35)40-38(36)24-28/h1-24,39H. The van der Waals surface area contributed by atoms with Crippen molar-refractivity contribution in [3.8, 4) is 22.3 Å². The summed E-state index contributed by atoms with van der Waals surface area (Å²) < 4.78 is 2.64. The minimum Gasteiger partial charge on any atom is -0.355 e. The number of hydrogen-bond acceptors (Lipinski definition) is 2. The van der Waals surface area contributed by atoms with Crippen LogP contribution in [0.2, 0.25) is 0 Å². The maximum Gasteiger partial charge on any atom is 0.0398 e. The highest BCUT2D eigenvalue weighted by atomic mass is 32.1. The van der Waals surface area contributed by atoms with Gasteiger partial charge in [0.15, 0.2) is 0 Å². The van der Waals surface area contributed by atoms with Crippen LogP contribution < -0.4 is 5.32 Å². The number of hydrogen-bond donors (Lipinski definition) is 1. The van der Waals surface area contributed by atoms with Gasteiger partial charge in [0.1, 0.15) is 0 Å². The Balaban J connectivity index is 1.14. The van der Waals surface area contributed by atoms with Crippen LogP contribution in [-0.4, -0.2) is 0 Å². The van der Waals surface area contributed by atoms with Crippen molar-refractivity contribution >= 4 is 64.4 Å². The lowest BCUT2D eigenvalue weighted by Gasteiger charge is -2.14. The minimum atomic E-state index is 1.08. The molecule has 0 amide bonds. The molecule has 0 unspecified atom stereocenters. The van der Waals surface area contributed by atoms with Gasteiger partial charge in [0.05, 0.1) is 0 Å². The largest absolute Gasteiger partial charge is 0.355 e. The normalized spacial score (nSPS) is 11.5. The second kappa shape index (κ2) is 9.37. The third-order valence-corrected chi connectivity index (χ3v) is 9.00. The zero-order valence-corrected chi connectivity index (χ0v) is 22.6. The van der Waals surface area contributed by atoms with Gasteiger partial charge in [-0.1, -0.05) is 115 Å². The van der Waals surface area contributed by atoms with E-state index in [1.54, 1.807) is 0 Å². The van der Waals surface area contributed by atoms with Crippen LogP contribution in [0.1, 0.15) is 0 Å². The predicted octanol–water partition coefficient (Wildman–Crippen LogP) is 11.4. The van der Waals surface area contributed by atoms with Gasteiger partial charge in [-0.3, -0.25) is 0 Å². The van der Waals surface area contributed by atoms with Gasteiger partial charge in [-0.25, -0.2) is 0 Å². The topological polar surface area (TPSA) is 12.0 Å². The first-order valence-corrected chi connectivity index (χ1v) is 14.4. The van der Waals surface area contributed by atoms with Crippen LogP contribution in [0.25, 0.3) is 64.0 Å². The van der Waals surface area contributed by atoms with Gasteiger partial charge < -0.3 is 5.32 Å². The Morgan fingerprint density at radius 1 is 0.375 bits per heavy atom. The van der Waals surface area contributed by atoms with E-state index in [0.29, 0.717) is 0 Å². The zero-order valence-electron chi connectivity index (χ0n) is 21.8. The molecule has 8 aromatic rings. The molecule has 7 aromatic carbocycles. The molecule has 0 aliphatic heterocycles. The number of thiophene rings is 1. The summed E-state index contributed by atoms with van der Waals surface area (Å²) in [6.07, 6.45) is 0. The smallest absolute Gasteiger partial charge is 0.0398 e. The molecule has 1 aromatic heterocycles. The highest BCUT2D eigenvalue weighted by Gasteiger charge is 2.11. The quantitative estimate of drug-likeness (QED) is 0.240. The van der Waals surface area contributed by atoms with Crippen molar-refractivity contribution in [2.75, 3.05) is 5.32 Å². The molecule has 0 spiro atoms. The van der Waals surface area contributed by atoms with Crippen molar-refractivity contribution in [3.63, 3.8) is 0 Å². The molecule has 2 heteroatoms. The van der Waals surface area contributed by atoms with Gasteiger partial charge in [-0.05, 0) is 74.1 Å². The summed E-state index contributed by atoms with van der Waals surface area (Å²) in [4.78, 5) is 0. The Morgan fingerprint density at radius 2 is 0.950 bits per heavy atom. The highest BCUT2D eigenvalue weighted by molar-refractivity contribution is 7.25. The van der Waals surface area contributed by atoms with E-state index < -0.39 is 0 Å². The van der Waals surface area contributed by atoms with Gasteiger partial charge >= 0.3 is 0 Å². The lowest BCUT2D eigenvalue weighted by molar-refractivity contribution is 1.57. The SMILES string of the molecule is c1ccc2c(-c3cccc4c(-c5ccc(Nc6ccc7c(c6)sc6ccccc67)cc5)cccc34)cccc2c1. The van der Waals surface area contributed by atoms with E-state index in [9.17, 15) is 0 Å². The molecule has 8 rings (SSSR count). The van der Waals surface area contributed by atoms with Crippen LogP contribution in [0.3, 0.4) is 0 Å². The van der Waals surface area contributed by atoms with Gasteiger partial charge in [-0.15, -0.1) is 11.3 Å². The van der Waals surface area contributed by atoms with Gasteiger partial charge in [0.25, 0.3) is 0 Å². The van der Waals surface area contributed by atoms with Crippen LogP contribution in [0.15, 0.2) is 146 Å². The summed E-state index contributed by atoms with van der Waals surface area (Å²) >= 11 is 1.85. The molecule has 0 saturated carbocycles. The Bertz CT molecular complexity index is 2180. The molecule has 0 aliphatic rings. The Hall–Kier alpha value is -4.92. The number of anilines is 2. The van der Waals surface area contributed by atoms with Crippen molar-refractivity contribution in [3.05, 3.63) is 146 Å². The van der Waals surface area contributed by atoms with Crippen LogP contribution >= 0.6 is 11.3 Å². The van der Waals surface area contributed by atoms with E-state index in [1.165, 1.54) is 64.0 Å². The van der Waals surface area contributed by atoms with Crippen LogP contribution in [0.4, 0.5) is 11.4 Å². The molecule has 188 valence electrons. The Labute approximate surface area is 237 Å². The molecular formula is C38H25NS. The third kappa shape index (κ3) is 3.85.